The molecule has 0 radical (unpaired) electrons. The summed E-state index contributed by atoms with van der Waals surface area (Å²) in [6, 6.07) is 10.6. The standard InChI is InChI=1S/C16H23N3/c1-2-10-17-12-16-13-18-19(14-16)11-6-9-15-7-4-3-5-8-15/h3-5,7-8,13-14,17H,2,6,9-12H2,1H3. The van der Waals surface area contributed by atoms with Crippen LogP contribution < -0.4 is 5.32 Å². The van der Waals surface area contributed by atoms with Crippen molar-refractivity contribution < 1.29 is 0 Å². The fraction of sp³-hybridized carbons (Fsp3) is 0.438. The minimum absolute atomic E-state index is 0.923. The van der Waals surface area contributed by atoms with Gasteiger partial charge in [-0.15, -0.1) is 0 Å². The lowest BCUT2D eigenvalue weighted by atomic mass is 10.1. The maximum atomic E-state index is 4.40. The largest absolute Gasteiger partial charge is 0.313 e. The normalized spacial score (nSPS) is 10.8. The zero-order chi connectivity index (χ0) is 13.3. The SMILES string of the molecule is CCCNCc1cnn(CCCc2ccccc2)c1. The second kappa shape index (κ2) is 7.74. The van der Waals surface area contributed by atoms with Crippen LogP contribution in [0, 0.1) is 0 Å². The molecule has 3 nitrogen and oxygen atoms in total. The lowest BCUT2D eigenvalue weighted by Crippen LogP contribution is -2.13. The summed E-state index contributed by atoms with van der Waals surface area (Å²) in [6.07, 6.45) is 7.53. The van der Waals surface area contributed by atoms with Gasteiger partial charge in [-0.1, -0.05) is 37.3 Å². The van der Waals surface area contributed by atoms with Crippen molar-refractivity contribution in [2.24, 2.45) is 0 Å². The van der Waals surface area contributed by atoms with Crippen molar-refractivity contribution in [1.29, 1.82) is 0 Å². The third-order valence-electron chi connectivity index (χ3n) is 3.14. The number of nitrogens with zero attached hydrogens (tertiary/aromatic N) is 2. The molecule has 1 aromatic carbocycles. The van der Waals surface area contributed by atoms with Crippen LogP contribution in [0.2, 0.25) is 0 Å². The first kappa shape index (κ1) is 13.8. The Morgan fingerprint density at radius 1 is 1.16 bits per heavy atom. The Labute approximate surface area is 115 Å². The Balaban J connectivity index is 1.71. The molecule has 0 unspecified atom stereocenters. The van der Waals surface area contributed by atoms with Crippen molar-refractivity contribution in [3.05, 3.63) is 53.9 Å². The lowest BCUT2D eigenvalue weighted by molar-refractivity contribution is 0.577. The van der Waals surface area contributed by atoms with Crippen molar-refractivity contribution >= 4 is 0 Å². The molecule has 2 rings (SSSR count). The average molecular weight is 257 g/mol. The molecule has 1 heterocycles. The number of nitrogens with one attached hydrogen (secondary N) is 1. The predicted octanol–water partition coefficient (Wildman–Crippen LogP) is 3.02. The van der Waals surface area contributed by atoms with Crippen LogP contribution in [0.25, 0.3) is 0 Å². The molecule has 0 saturated heterocycles. The fourth-order valence-corrected chi connectivity index (χ4v) is 2.12. The molecule has 0 atom stereocenters. The monoisotopic (exact) mass is 257 g/mol. The van der Waals surface area contributed by atoms with Crippen molar-refractivity contribution in [3.63, 3.8) is 0 Å². The summed E-state index contributed by atoms with van der Waals surface area (Å²) in [5, 5.41) is 7.80. The molecular weight excluding hydrogens is 234 g/mol. The highest BCUT2D eigenvalue weighted by Crippen LogP contribution is 2.04. The highest BCUT2D eigenvalue weighted by Gasteiger charge is 1.98. The van der Waals surface area contributed by atoms with Crippen LogP contribution in [-0.2, 0) is 19.5 Å². The third-order valence-corrected chi connectivity index (χ3v) is 3.14. The summed E-state index contributed by atoms with van der Waals surface area (Å²) in [5.74, 6) is 0. The molecule has 1 aromatic heterocycles. The van der Waals surface area contributed by atoms with Gasteiger partial charge in [-0.2, -0.15) is 5.10 Å². The van der Waals surface area contributed by atoms with Crippen LogP contribution in [0.3, 0.4) is 0 Å². The molecule has 0 saturated carbocycles. The number of hydrogen-bond acceptors (Lipinski definition) is 2. The van der Waals surface area contributed by atoms with E-state index in [9.17, 15) is 0 Å². The second-order valence-corrected chi connectivity index (χ2v) is 4.88. The molecule has 0 amide bonds. The molecule has 19 heavy (non-hydrogen) atoms. The number of rotatable bonds is 8. The third kappa shape index (κ3) is 4.87. The minimum atomic E-state index is 0.923. The molecule has 3 heteroatoms. The van der Waals surface area contributed by atoms with Gasteiger partial charge in [0.05, 0.1) is 6.20 Å². The maximum Gasteiger partial charge on any atom is 0.0534 e. The van der Waals surface area contributed by atoms with Gasteiger partial charge in [0.25, 0.3) is 0 Å². The predicted molar refractivity (Wildman–Crippen MR) is 79.0 cm³/mol. The molecule has 0 aliphatic heterocycles. The van der Waals surface area contributed by atoms with Gasteiger partial charge < -0.3 is 5.32 Å². The van der Waals surface area contributed by atoms with E-state index in [1.807, 2.05) is 10.9 Å². The van der Waals surface area contributed by atoms with Gasteiger partial charge >= 0.3 is 0 Å². The van der Waals surface area contributed by atoms with Gasteiger partial charge in [0.2, 0.25) is 0 Å². The van der Waals surface area contributed by atoms with Gasteiger partial charge in [0, 0.05) is 24.8 Å². The molecule has 2 aromatic rings. The highest BCUT2D eigenvalue weighted by molar-refractivity contribution is 5.14. The molecule has 0 fully saturated rings. The topological polar surface area (TPSA) is 29.9 Å². The Morgan fingerprint density at radius 2 is 2.00 bits per heavy atom. The van der Waals surface area contributed by atoms with E-state index in [0.717, 1.165) is 32.5 Å². The van der Waals surface area contributed by atoms with Crippen molar-refractivity contribution in [1.82, 2.24) is 15.1 Å². The number of benzene rings is 1. The molecule has 0 aliphatic rings. The van der Waals surface area contributed by atoms with Gasteiger partial charge in [0.1, 0.15) is 0 Å². The maximum absolute atomic E-state index is 4.40. The van der Waals surface area contributed by atoms with Crippen LogP contribution in [-0.4, -0.2) is 16.3 Å². The summed E-state index contributed by atoms with van der Waals surface area (Å²) < 4.78 is 2.05. The summed E-state index contributed by atoms with van der Waals surface area (Å²) in [5.41, 5.74) is 2.67. The van der Waals surface area contributed by atoms with Crippen LogP contribution >= 0.6 is 0 Å². The number of aryl methyl sites for hydroxylation is 2. The second-order valence-electron chi connectivity index (χ2n) is 4.88. The average Bonchev–Trinajstić information content (AvgIpc) is 2.88. The van der Waals surface area contributed by atoms with E-state index in [1.165, 1.54) is 17.5 Å². The molecule has 0 spiro atoms. The van der Waals surface area contributed by atoms with Gasteiger partial charge in [0.15, 0.2) is 0 Å². The zero-order valence-corrected chi connectivity index (χ0v) is 11.7. The number of hydrogen-bond donors (Lipinski definition) is 1. The molecular formula is C16H23N3. The van der Waals surface area contributed by atoms with Gasteiger partial charge in [-0.3, -0.25) is 4.68 Å². The van der Waals surface area contributed by atoms with E-state index in [4.69, 9.17) is 0 Å². The minimum Gasteiger partial charge on any atom is -0.313 e. The van der Waals surface area contributed by atoms with Crippen LogP contribution in [0.5, 0.6) is 0 Å². The van der Waals surface area contributed by atoms with Crippen molar-refractivity contribution in [2.75, 3.05) is 6.54 Å². The summed E-state index contributed by atoms with van der Waals surface area (Å²) in [6.45, 7) is 5.16. The summed E-state index contributed by atoms with van der Waals surface area (Å²) in [7, 11) is 0. The lowest BCUT2D eigenvalue weighted by Gasteiger charge is -2.02. The summed E-state index contributed by atoms with van der Waals surface area (Å²) in [4.78, 5) is 0. The fourth-order valence-electron chi connectivity index (χ4n) is 2.12. The zero-order valence-electron chi connectivity index (χ0n) is 11.7. The van der Waals surface area contributed by atoms with E-state index in [1.54, 1.807) is 0 Å². The smallest absolute Gasteiger partial charge is 0.0534 e. The van der Waals surface area contributed by atoms with Crippen molar-refractivity contribution in [3.8, 4) is 0 Å². The van der Waals surface area contributed by atoms with Crippen LogP contribution in [0.4, 0.5) is 0 Å². The van der Waals surface area contributed by atoms with E-state index in [-0.39, 0.29) is 0 Å². The van der Waals surface area contributed by atoms with E-state index in [0.29, 0.717) is 0 Å². The van der Waals surface area contributed by atoms with Crippen LogP contribution in [0.1, 0.15) is 30.9 Å². The molecule has 0 bridgehead atoms. The van der Waals surface area contributed by atoms with E-state index >= 15 is 0 Å². The Hall–Kier alpha value is -1.61. The molecule has 102 valence electrons. The Kier molecular flexibility index (Phi) is 5.63. The Morgan fingerprint density at radius 3 is 2.79 bits per heavy atom. The van der Waals surface area contributed by atoms with Gasteiger partial charge in [-0.05, 0) is 31.4 Å². The van der Waals surface area contributed by atoms with Crippen molar-refractivity contribution in [2.45, 2.75) is 39.3 Å². The Bertz CT molecular complexity index is 462. The van der Waals surface area contributed by atoms with Gasteiger partial charge in [-0.25, -0.2) is 0 Å². The van der Waals surface area contributed by atoms with E-state index in [2.05, 4.69) is 53.9 Å². The summed E-state index contributed by atoms with van der Waals surface area (Å²) >= 11 is 0. The first-order valence-electron chi connectivity index (χ1n) is 7.14. The first-order chi connectivity index (χ1) is 9.38. The number of aromatic nitrogens is 2. The highest BCUT2D eigenvalue weighted by atomic mass is 15.3. The first-order valence-corrected chi connectivity index (χ1v) is 7.14. The molecule has 1 N–H and O–H groups in total. The van der Waals surface area contributed by atoms with E-state index < -0.39 is 0 Å². The molecule has 0 aliphatic carbocycles. The quantitative estimate of drug-likeness (QED) is 0.737. The van der Waals surface area contributed by atoms with Crippen LogP contribution in [0.15, 0.2) is 42.7 Å².